The molecule has 0 N–H and O–H groups in total. The average Bonchev–Trinajstić information content (AvgIpc) is 3.33. The zero-order valence-electron chi connectivity index (χ0n) is 18.6. The van der Waals surface area contributed by atoms with Crippen molar-refractivity contribution in [1.29, 1.82) is 0 Å². The molecule has 1 aliphatic heterocycles. The summed E-state index contributed by atoms with van der Waals surface area (Å²) < 4.78 is 37.3. The number of benzene rings is 4. The summed E-state index contributed by atoms with van der Waals surface area (Å²) in [5.74, 6) is 0.755. The molecule has 0 aromatic heterocycles. The third-order valence-corrected chi connectivity index (χ3v) is 17.0. The third kappa shape index (κ3) is 3.65. The van der Waals surface area contributed by atoms with Crippen LogP contribution in [0, 0.1) is 0 Å². The van der Waals surface area contributed by atoms with Crippen molar-refractivity contribution in [2.45, 2.75) is 11.1 Å². The molecule has 0 amide bonds. The Labute approximate surface area is 208 Å². The number of halogens is 1. The van der Waals surface area contributed by atoms with Gasteiger partial charge in [-0.15, -0.1) is 0 Å². The minimum absolute atomic E-state index is 0.00920. The first-order chi connectivity index (χ1) is 16.3. The number of fused-ring (bicyclic) bond motifs is 1. The molecule has 5 rings (SSSR count). The summed E-state index contributed by atoms with van der Waals surface area (Å²) in [7, 11) is -3.61. The normalized spacial score (nSPS) is 14.4. The molecule has 1 heterocycles. The summed E-state index contributed by atoms with van der Waals surface area (Å²) in [4.78, 5) is 0.193. The van der Waals surface area contributed by atoms with Crippen LogP contribution in [0.5, 0.6) is 11.5 Å². The third-order valence-electron chi connectivity index (χ3n) is 6.30. The molecule has 1 aliphatic rings. The van der Waals surface area contributed by atoms with E-state index in [9.17, 15) is 8.42 Å². The van der Waals surface area contributed by atoms with Gasteiger partial charge in [-0.1, -0.05) is 0 Å². The molecule has 174 valence electrons. The molecule has 4 nitrogen and oxygen atoms in total. The Kier molecular flexibility index (Phi) is 5.79. The zero-order chi connectivity index (χ0) is 23.8. The van der Waals surface area contributed by atoms with E-state index < -0.39 is 15.1 Å². The Bertz CT molecular complexity index is 1340. The molecule has 0 spiro atoms. The predicted octanol–water partition coefficient (Wildman–Crippen LogP) is 5.16. The van der Waals surface area contributed by atoms with Crippen molar-refractivity contribution in [2.75, 3.05) is 13.0 Å². The molecular weight excluding hydrogens is 531 g/mol. The maximum absolute atomic E-state index is 13.1. The van der Waals surface area contributed by atoms with Crippen LogP contribution >= 0.6 is 20.8 Å². The standard InChI is InChI=1S/C27H24BrO4PS/c1-34(29,30)27-21(17-18-25-26(27)32-20-31-25)19-33(28,22-11-5-2-6-12-22,23-13-7-3-8-14-23)24-15-9-4-10-16-24/h2-18H,19-20H2,1H3. The number of hydrogen-bond acceptors (Lipinski definition) is 4. The fraction of sp³-hybridized carbons (Fsp3) is 0.111. The van der Waals surface area contributed by atoms with E-state index in [0.29, 0.717) is 23.2 Å². The van der Waals surface area contributed by atoms with Crippen LogP contribution in [0.3, 0.4) is 0 Å². The van der Waals surface area contributed by atoms with Crippen LogP contribution in [0.15, 0.2) is 108 Å². The minimum atomic E-state index is -3.61. The van der Waals surface area contributed by atoms with Crippen molar-refractivity contribution in [1.82, 2.24) is 0 Å². The molecule has 0 unspecified atom stereocenters. The molecule has 4 aromatic carbocycles. The van der Waals surface area contributed by atoms with E-state index >= 15 is 0 Å². The summed E-state index contributed by atoms with van der Waals surface area (Å²) in [5.41, 5.74) is 0.692. The second kappa shape index (κ2) is 8.53. The first-order valence-electron chi connectivity index (χ1n) is 10.8. The van der Waals surface area contributed by atoms with E-state index in [2.05, 4.69) is 51.9 Å². The summed E-state index contributed by atoms with van der Waals surface area (Å²) in [6.07, 6.45) is 1.67. The SMILES string of the molecule is CS(=O)(=O)c1c(CP(Br)(c2ccccc2)(c2ccccc2)c2ccccc2)ccc2c1OCO2. The fourth-order valence-corrected chi connectivity index (χ4v) is 13.7. The van der Waals surface area contributed by atoms with Gasteiger partial charge < -0.3 is 0 Å². The fourth-order valence-electron chi connectivity index (χ4n) is 4.78. The van der Waals surface area contributed by atoms with Crippen molar-refractivity contribution in [3.8, 4) is 11.5 Å². The molecule has 0 aliphatic carbocycles. The van der Waals surface area contributed by atoms with Crippen molar-refractivity contribution in [2.24, 2.45) is 0 Å². The van der Waals surface area contributed by atoms with Gasteiger partial charge in [-0.3, -0.25) is 0 Å². The van der Waals surface area contributed by atoms with E-state index in [4.69, 9.17) is 9.47 Å². The van der Waals surface area contributed by atoms with Gasteiger partial charge in [0.05, 0.1) is 0 Å². The van der Waals surface area contributed by atoms with Gasteiger partial charge in [-0.25, -0.2) is 0 Å². The average molecular weight is 555 g/mol. The molecule has 7 heteroatoms. The quantitative estimate of drug-likeness (QED) is 0.309. The van der Waals surface area contributed by atoms with Crippen LogP contribution in [0.2, 0.25) is 0 Å². The second-order valence-corrected chi connectivity index (χ2v) is 19.3. The molecule has 0 radical (unpaired) electrons. The predicted molar refractivity (Wildman–Crippen MR) is 143 cm³/mol. The van der Waals surface area contributed by atoms with E-state index in [1.54, 1.807) is 0 Å². The van der Waals surface area contributed by atoms with Crippen LogP contribution < -0.4 is 25.4 Å². The number of ether oxygens (including phenoxy) is 2. The molecule has 4 aromatic rings. The van der Waals surface area contributed by atoms with Gasteiger partial charge in [-0.2, -0.15) is 0 Å². The molecule has 0 fully saturated rings. The monoisotopic (exact) mass is 554 g/mol. The van der Waals surface area contributed by atoms with Gasteiger partial charge >= 0.3 is 209 Å². The van der Waals surface area contributed by atoms with E-state index in [-0.39, 0.29) is 11.7 Å². The van der Waals surface area contributed by atoms with Crippen LogP contribution in [0.25, 0.3) is 0 Å². The van der Waals surface area contributed by atoms with Gasteiger partial charge in [0.15, 0.2) is 0 Å². The Morgan fingerprint density at radius 1 is 0.735 bits per heavy atom. The Morgan fingerprint density at radius 2 is 1.21 bits per heavy atom. The summed E-state index contributed by atoms with van der Waals surface area (Å²) in [6.45, 7) is 0.00920. The maximum atomic E-state index is 13.1. The number of rotatable bonds is 6. The first-order valence-corrected chi connectivity index (χ1v) is 17.2. The van der Waals surface area contributed by atoms with Crippen molar-refractivity contribution < 1.29 is 17.9 Å². The van der Waals surface area contributed by atoms with Crippen LogP contribution in [-0.4, -0.2) is 21.5 Å². The number of hydrogen-bond donors (Lipinski definition) is 0. The van der Waals surface area contributed by atoms with Gasteiger partial charge in [0.2, 0.25) is 0 Å². The van der Waals surface area contributed by atoms with E-state index in [1.807, 2.05) is 66.7 Å². The van der Waals surface area contributed by atoms with Crippen molar-refractivity contribution >= 4 is 46.5 Å². The molecule has 0 bridgehead atoms. The topological polar surface area (TPSA) is 52.6 Å². The van der Waals surface area contributed by atoms with E-state index in [0.717, 1.165) is 15.9 Å². The molecule has 0 saturated carbocycles. The second-order valence-electron chi connectivity index (χ2n) is 8.41. The summed E-state index contributed by atoms with van der Waals surface area (Å²) in [6, 6.07) is 34.6. The number of sulfone groups is 1. The van der Waals surface area contributed by atoms with Crippen molar-refractivity contribution in [3.63, 3.8) is 0 Å². The van der Waals surface area contributed by atoms with Crippen molar-refractivity contribution in [3.05, 3.63) is 109 Å². The molecule has 34 heavy (non-hydrogen) atoms. The van der Waals surface area contributed by atoms with Gasteiger partial charge in [0.1, 0.15) is 0 Å². The van der Waals surface area contributed by atoms with Gasteiger partial charge in [0.25, 0.3) is 0 Å². The molecule has 0 atom stereocenters. The first kappa shape index (κ1) is 23.1. The van der Waals surface area contributed by atoms with Crippen LogP contribution in [0.4, 0.5) is 0 Å². The Balaban J connectivity index is 1.89. The van der Waals surface area contributed by atoms with Crippen LogP contribution in [0.1, 0.15) is 5.56 Å². The Hall–Kier alpha value is -2.66. The van der Waals surface area contributed by atoms with E-state index in [1.165, 1.54) is 6.26 Å². The summed E-state index contributed by atoms with van der Waals surface area (Å²) >= 11 is 4.40. The Morgan fingerprint density at radius 3 is 1.65 bits per heavy atom. The van der Waals surface area contributed by atoms with Gasteiger partial charge in [-0.05, 0) is 0 Å². The molecule has 0 saturated heterocycles. The van der Waals surface area contributed by atoms with Crippen LogP contribution in [-0.2, 0) is 16.0 Å². The van der Waals surface area contributed by atoms with Gasteiger partial charge in [0, 0.05) is 0 Å². The molecular formula is C27H24BrO4PS. The zero-order valence-corrected chi connectivity index (χ0v) is 21.9. The summed E-state index contributed by atoms with van der Waals surface area (Å²) in [5, 5.41) is -0.0379.